The fourth-order valence-electron chi connectivity index (χ4n) is 2.41. The molecule has 0 aromatic heterocycles. The summed E-state index contributed by atoms with van der Waals surface area (Å²) in [6, 6.07) is 6.68. The second-order valence-electron chi connectivity index (χ2n) is 5.42. The summed E-state index contributed by atoms with van der Waals surface area (Å²) in [6.07, 6.45) is -3.03. The molecule has 0 aliphatic carbocycles. The van der Waals surface area contributed by atoms with E-state index in [0.29, 0.717) is 11.2 Å². The van der Waals surface area contributed by atoms with Gasteiger partial charge in [-0.25, -0.2) is 4.99 Å². The molecule has 2 aliphatic rings. The summed E-state index contributed by atoms with van der Waals surface area (Å²) in [7, 11) is -0.979. The third kappa shape index (κ3) is 4.20. The molecule has 6 nitrogen and oxygen atoms in total. The second-order valence-corrected chi connectivity index (χ2v) is 5.42. The van der Waals surface area contributed by atoms with Gasteiger partial charge in [0.05, 0.1) is 12.7 Å². The second kappa shape index (κ2) is 6.88. The predicted molar refractivity (Wildman–Crippen MR) is 80.9 cm³/mol. The minimum atomic E-state index is -4.52. The van der Waals surface area contributed by atoms with E-state index in [9.17, 15) is 18.2 Å². The number of halogens is 3. The first-order chi connectivity index (χ1) is 11.9. The van der Waals surface area contributed by atoms with Gasteiger partial charge in [0.25, 0.3) is 0 Å². The monoisotopic (exact) mass is 352 g/mol. The van der Waals surface area contributed by atoms with Crippen molar-refractivity contribution in [3.8, 4) is 11.8 Å². The molecule has 0 spiro atoms. The molecule has 2 unspecified atom stereocenters. The van der Waals surface area contributed by atoms with Crippen molar-refractivity contribution >= 4 is 18.5 Å². The van der Waals surface area contributed by atoms with Crippen molar-refractivity contribution in [2.45, 2.75) is 19.0 Å². The Bertz CT molecular complexity index is 760. The van der Waals surface area contributed by atoms with Gasteiger partial charge < -0.3 is 19.2 Å². The number of nitrogens with zero attached hydrogens (tertiary/aromatic N) is 2. The van der Waals surface area contributed by atoms with Crippen LogP contribution in [0.1, 0.15) is 5.56 Å². The molecule has 1 aromatic carbocycles. The Labute approximate surface area is 141 Å². The zero-order valence-corrected chi connectivity index (χ0v) is 12.7. The summed E-state index contributed by atoms with van der Waals surface area (Å²) in [4.78, 5) is 3.92. The number of alkyl halides is 3. The molecule has 0 radical (unpaired) electrons. The average molecular weight is 352 g/mol. The molecule has 25 heavy (non-hydrogen) atoms. The Hall–Kier alpha value is -2.35. The zero-order chi connectivity index (χ0) is 18.0. The van der Waals surface area contributed by atoms with Crippen LogP contribution in [0, 0.1) is 17.2 Å². The molecule has 2 atom stereocenters. The third-order valence-corrected chi connectivity index (χ3v) is 3.57. The highest BCUT2D eigenvalue weighted by atomic mass is 19.4. The largest absolute Gasteiger partial charge is 0.491 e. The molecule has 0 saturated heterocycles. The van der Waals surface area contributed by atoms with Gasteiger partial charge in [-0.15, -0.1) is 0 Å². The van der Waals surface area contributed by atoms with Crippen molar-refractivity contribution in [3.05, 3.63) is 35.9 Å². The summed E-state index contributed by atoms with van der Waals surface area (Å²) in [6.45, 7) is -1.28. The molecule has 10 heteroatoms. The van der Waals surface area contributed by atoms with E-state index in [2.05, 4.69) is 9.73 Å². The Morgan fingerprint density at radius 1 is 1.44 bits per heavy atom. The third-order valence-electron chi connectivity index (χ3n) is 3.57. The minimum Gasteiger partial charge on any atom is -0.439 e. The highest BCUT2D eigenvalue weighted by Gasteiger charge is 2.33. The van der Waals surface area contributed by atoms with Gasteiger partial charge in [0, 0.05) is 0 Å². The Kier molecular flexibility index (Phi) is 4.81. The van der Waals surface area contributed by atoms with E-state index in [4.69, 9.17) is 14.7 Å². The van der Waals surface area contributed by atoms with Crippen LogP contribution in [0.2, 0.25) is 0 Å². The van der Waals surface area contributed by atoms with E-state index in [-0.39, 0.29) is 12.5 Å². The highest BCUT2D eigenvalue weighted by molar-refractivity contribution is 6.61. The Morgan fingerprint density at radius 2 is 2.24 bits per heavy atom. The molecule has 0 amide bonds. The van der Waals surface area contributed by atoms with Crippen molar-refractivity contribution in [2.24, 2.45) is 10.9 Å². The number of hydrogen-bond donors (Lipinski definition) is 1. The van der Waals surface area contributed by atoms with E-state index in [1.165, 1.54) is 12.2 Å². The van der Waals surface area contributed by atoms with Crippen LogP contribution in [0.5, 0.6) is 5.75 Å². The first-order valence-corrected chi connectivity index (χ1v) is 7.30. The normalized spacial score (nSPS) is 22.4. The van der Waals surface area contributed by atoms with Crippen LogP contribution in [0.25, 0.3) is 0 Å². The fraction of sp³-hybridized carbons (Fsp3) is 0.333. The van der Waals surface area contributed by atoms with Gasteiger partial charge >= 0.3 is 13.3 Å². The smallest absolute Gasteiger partial charge is 0.439 e. The molecule has 0 saturated carbocycles. The summed E-state index contributed by atoms with van der Waals surface area (Å²) in [5.41, 5.74) is 1.37. The summed E-state index contributed by atoms with van der Waals surface area (Å²) < 4.78 is 52.2. The highest BCUT2D eigenvalue weighted by Crippen LogP contribution is 2.23. The lowest BCUT2D eigenvalue weighted by atomic mass is 9.80. The van der Waals surface area contributed by atoms with E-state index in [1.54, 1.807) is 18.2 Å². The topological polar surface area (TPSA) is 84.1 Å². The van der Waals surface area contributed by atoms with Crippen molar-refractivity contribution in [1.82, 2.24) is 0 Å². The van der Waals surface area contributed by atoms with Crippen LogP contribution in [-0.4, -0.2) is 37.1 Å². The van der Waals surface area contributed by atoms with Crippen LogP contribution in [0.4, 0.5) is 13.2 Å². The fourth-order valence-corrected chi connectivity index (χ4v) is 2.41. The van der Waals surface area contributed by atoms with Crippen LogP contribution in [-0.2, 0) is 16.0 Å². The van der Waals surface area contributed by atoms with Gasteiger partial charge in [0.1, 0.15) is 18.3 Å². The van der Waals surface area contributed by atoms with Crippen LogP contribution < -0.4 is 10.2 Å². The molecule has 1 N–H and O–H groups in total. The number of dihydropyridines is 1. The molecule has 2 heterocycles. The number of benzene rings is 1. The molecular weight excluding hydrogens is 340 g/mol. The maximum Gasteiger partial charge on any atom is 0.491 e. The first-order valence-electron chi connectivity index (χ1n) is 7.30. The van der Waals surface area contributed by atoms with Crippen molar-refractivity contribution in [1.29, 1.82) is 5.26 Å². The van der Waals surface area contributed by atoms with Crippen molar-refractivity contribution in [3.63, 3.8) is 0 Å². The van der Waals surface area contributed by atoms with Gasteiger partial charge in [-0.1, -0.05) is 12.1 Å². The lowest BCUT2D eigenvalue weighted by molar-refractivity contribution is -0.186. The Balaban J connectivity index is 1.72. The lowest BCUT2D eigenvalue weighted by Gasteiger charge is -2.21. The number of aliphatic imine (C=N–C) groups is 1. The van der Waals surface area contributed by atoms with Crippen LogP contribution in [0.15, 0.2) is 35.3 Å². The first kappa shape index (κ1) is 17.5. The van der Waals surface area contributed by atoms with Gasteiger partial charge in [-0.2, -0.15) is 18.4 Å². The molecule has 0 bridgehead atoms. The van der Waals surface area contributed by atoms with E-state index in [1.807, 2.05) is 6.07 Å². The lowest BCUT2D eigenvalue weighted by Crippen LogP contribution is -2.30. The summed E-state index contributed by atoms with van der Waals surface area (Å²) >= 11 is 0. The zero-order valence-electron chi connectivity index (χ0n) is 12.7. The van der Waals surface area contributed by atoms with Crippen molar-refractivity contribution < 1.29 is 32.3 Å². The molecule has 0 fully saturated rings. The summed E-state index contributed by atoms with van der Waals surface area (Å²) in [5, 5.41) is 18.6. The van der Waals surface area contributed by atoms with Crippen LogP contribution in [0.3, 0.4) is 0 Å². The molecule has 130 valence electrons. The quantitative estimate of drug-likeness (QED) is 0.829. The van der Waals surface area contributed by atoms with Crippen molar-refractivity contribution in [2.75, 3.05) is 6.61 Å². The predicted octanol–water partition coefficient (Wildman–Crippen LogP) is 1.30. The van der Waals surface area contributed by atoms with Gasteiger partial charge in [0.2, 0.25) is 5.90 Å². The summed E-state index contributed by atoms with van der Waals surface area (Å²) in [5.74, 6) is -0.527. The number of hydrogen-bond acceptors (Lipinski definition) is 6. The van der Waals surface area contributed by atoms with Gasteiger partial charge in [-0.05, 0) is 29.2 Å². The molecule has 1 aromatic rings. The van der Waals surface area contributed by atoms with Crippen LogP contribution >= 0.6 is 0 Å². The number of fused-ring (bicyclic) bond motifs is 1. The van der Waals surface area contributed by atoms with E-state index < -0.39 is 32.0 Å². The maximum absolute atomic E-state index is 12.3. The molecule has 3 rings (SSSR count). The SMILES string of the molecule is N#CC1C=CC(Oc2ccc3c(c2)COB3O)=NC1OCC(F)(F)F. The number of nitriles is 1. The maximum atomic E-state index is 12.3. The van der Waals surface area contributed by atoms with Gasteiger partial charge in [0.15, 0.2) is 6.23 Å². The van der Waals surface area contributed by atoms with E-state index >= 15 is 0 Å². The Morgan fingerprint density at radius 3 is 2.96 bits per heavy atom. The number of rotatable bonds is 3. The van der Waals surface area contributed by atoms with E-state index in [0.717, 1.165) is 5.56 Å². The minimum absolute atomic E-state index is 0.0260. The number of ether oxygens (including phenoxy) is 2. The molecule has 2 aliphatic heterocycles. The molecular formula is C15H12BF3N2O4. The van der Waals surface area contributed by atoms with Gasteiger partial charge in [-0.3, -0.25) is 0 Å². The standard InChI is InChI=1S/C15H12BF3N2O4/c17-15(18,19)8-23-14-9(6-20)1-4-13(21-14)25-11-2-3-12-10(5-11)7-24-16(12)22/h1-5,9,14,22H,7-8H2. The average Bonchev–Trinajstić information content (AvgIpc) is 2.93.